The second kappa shape index (κ2) is 5.84. The first-order valence-electron chi connectivity index (χ1n) is 6.94. The Labute approximate surface area is 131 Å². The molecule has 0 saturated carbocycles. The fourth-order valence-electron chi connectivity index (χ4n) is 2.44. The van der Waals surface area contributed by atoms with Gasteiger partial charge in [0.1, 0.15) is 0 Å². The molecule has 0 radical (unpaired) electrons. The molecular weight excluding hydrogens is 296 g/mol. The number of amides is 2. The van der Waals surface area contributed by atoms with E-state index in [9.17, 15) is 19.7 Å². The number of imide groups is 1. The summed E-state index contributed by atoms with van der Waals surface area (Å²) in [5.41, 5.74) is 1.44. The number of fused-ring (bicyclic) bond motifs is 1. The van der Waals surface area contributed by atoms with Crippen LogP contribution in [0.1, 0.15) is 26.3 Å². The average molecular weight is 308 g/mol. The largest absolute Gasteiger partial charge is 0.270 e. The van der Waals surface area contributed by atoms with Crippen molar-refractivity contribution in [1.82, 2.24) is 4.90 Å². The fourth-order valence-corrected chi connectivity index (χ4v) is 2.44. The summed E-state index contributed by atoms with van der Waals surface area (Å²) in [6.45, 7) is 0.120. The lowest BCUT2D eigenvalue weighted by Crippen LogP contribution is -2.29. The Kier molecular flexibility index (Phi) is 3.72. The maximum atomic E-state index is 12.2. The lowest BCUT2D eigenvalue weighted by Gasteiger charge is -2.10. The van der Waals surface area contributed by atoms with Crippen LogP contribution in [0.25, 0.3) is 6.08 Å². The van der Waals surface area contributed by atoms with Gasteiger partial charge in [-0.3, -0.25) is 24.6 Å². The van der Waals surface area contributed by atoms with E-state index >= 15 is 0 Å². The van der Waals surface area contributed by atoms with Gasteiger partial charge in [-0.2, -0.15) is 0 Å². The molecule has 114 valence electrons. The molecule has 0 aromatic heterocycles. The molecule has 0 unspecified atom stereocenters. The molecule has 1 aliphatic rings. The Hall–Kier alpha value is -3.28. The fraction of sp³-hybridized carbons (Fsp3) is 0.0588. The van der Waals surface area contributed by atoms with Crippen molar-refractivity contribution in [3.63, 3.8) is 0 Å². The molecule has 6 heteroatoms. The Balaban J connectivity index is 1.74. The molecule has 0 aliphatic carbocycles. The molecule has 2 aromatic rings. The number of rotatable bonds is 4. The number of nitro benzene ring substituents is 1. The summed E-state index contributed by atoms with van der Waals surface area (Å²) >= 11 is 0. The second-order valence-electron chi connectivity index (χ2n) is 5.02. The van der Waals surface area contributed by atoms with E-state index in [0.29, 0.717) is 16.7 Å². The first kappa shape index (κ1) is 14.6. The van der Waals surface area contributed by atoms with Crippen molar-refractivity contribution in [2.45, 2.75) is 0 Å². The van der Waals surface area contributed by atoms with Crippen molar-refractivity contribution in [3.05, 3.63) is 81.4 Å². The summed E-state index contributed by atoms with van der Waals surface area (Å²) in [6, 6.07) is 12.8. The van der Waals surface area contributed by atoms with E-state index in [0.717, 1.165) is 4.90 Å². The van der Waals surface area contributed by atoms with E-state index in [-0.39, 0.29) is 24.0 Å². The zero-order valence-electron chi connectivity index (χ0n) is 12.0. The number of non-ortho nitro benzene ring substituents is 1. The first-order valence-corrected chi connectivity index (χ1v) is 6.94. The minimum absolute atomic E-state index is 0.00659. The van der Waals surface area contributed by atoms with Crippen LogP contribution >= 0.6 is 0 Å². The molecule has 0 saturated heterocycles. The van der Waals surface area contributed by atoms with Crippen molar-refractivity contribution in [2.75, 3.05) is 6.54 Å². The van der Waals surface area contributed by atoms with Gasteiger partial charge < -0.3 is 0 Å². The van der Waals surface area contributed by atoms with E-state index in [1.165, 1.54) is 12.1 Å². The van der Waals surface area contributed by atoms with Crippen molar-refractivity contribution in [1.29, 1.82) is 0 Å². The number of benzene rings is 2. The van der Waals surface area contributed by atoms with Crippen LogP contribution < -0.4 is 0 Å². The average Bonchev–Trinajstić information content (AvgIpc) is 2.80. The van der Waals surface area contributed by atoms with Gasteiger partial charge in [-0.15, -0.1) is 0 Å². The predicted molar refractivity (Wildman–Crippen MR) is 83.9 cm³/mol. The zero-order valence-corrected chi connectivity index (χ0v) is 12.0. The highest BCUT2D eigenvalue weighted by Crippen LogP contribution is 2.22. The molecule has 0 fully saturated rings. The third-order valence-corrected chi connectivity index (χ3v) is 3.56. The van der Waals surface area contributed by atoms with Gasteiger partial charge in [0.2, 0.25) is 0 Å². The molecule has 2 aromatic carbocycles. The zero-order chi connectivity index (χ0) is 16.4. The highest BCUT2D eigenvalue weighted by atomic mass is 16.6. The van der Waals surface area contributed by atoms with E-state index in [1.807, 2.05) is 0 Å². The van der Waals surface area contributed by atoms with Gasteiger partial charge in [-0.25, -0.2) is 0 Å². The molecule has 1 aliphatic heterocycles. The highest BCUT2D eigenvalue weighted by Gasteiger charge is 2.33. The molecule has 6 nitrogen and oxygen atoms in total. The predicted octanol–water partition coefficient (Wildman–Crippen LogP) is 2.90. The summed E-state index contributed by atoms with van der Waals surface area (Å²) in [5, 5.41) is 10.7. The second-order valence-corrected chi connectivity index (χ2v) is 5.02. The summed E-state index contributed by atoms with van der Waals surface area (Å²) in [4.78, 5) is 35.8. The molecule has 3 rings (SSSR count). The third-order valence-electron chi connectivity index (χ3n) is 3.56. The molecule has 0 N–H and O–H groups in total. The number of nitrogens with zero attached hydrogens (tertiary/aromatic N) is 2. The van der Waals surface area contributed by atoms with Crippen LogP contribution in [0.2, 0.25) is 0 Å². The first-order chi connectivity index (χ1) is 11.1. The highest BCUT2D eigenvalue weighted by molar-refractivity contribution is 6.21. The minimum atomic E-state index is -0.471. The Morgan fingerprint density at radius 2 is 1.65 bits per heavy atom. The topological polar surface area (TPSA) is 80.5 Å². The lowest BCUT2D eigenvalue weighted by atomic mass is 10.1. The van der Waals surface area contributed by atoms with Crippen molar-refractivity contribution >= 4 is 23.6 Å². The Morgan fingerprint density at radius 1 is 1.00 bits per heavy atom. The Morgan fingerprint density at radius 3 is 2.26 bits per heavy atom. The van der Waals surface area contributed by atoms with Crippen LogP contribution in [-0.4, -0.2) is 28.2 Å². The van der Waals surface area contributed by atoms with E-state index in [1.54, 1.807) is 48.6 Å². The normalized spacial score (nSPS) is 13.7. The maximum absolute atomic E-state index is 12.2. The van der Waals surface area contributed by atoms with Crippen LogP contribution in [0, 0.1) is 10.1 Å². The number of hydrogen-bond donors (Lipinski definition) is 0. The number of nitro groups is 1. The van der Waals surface area contributed by atoms with E-state index in [4.69, 9.17) is 0 Å². The molecule has 0 bridgehead atoms. The number of carbonyl (C=O) groups excluding carboxylic acids is 2. The van der Waals surface area contributed by atoms with Crippen LogP contribution in [-0.2, 0) is 0 Å². The minimum Gasteiger partial charge on any atom is -0.270 e. The van der Waals surface area contributed by atoms with Crippen molar-refractivity contribution in [3.8, 4) is 0 Å². The molecule has 0 spiro atoms. The van der Waals surface area contributed by atoms with Gasteiger partial charge in [-0.05, 0) is 17.7 Å². The van der Waals surface area contributed by atoms with Crippen LogP contribution in [0.3, 0.4) is 0 Å². The number of hydrogen-bond acceptors (Lipinski definition) is 4. The van der Waals surface area contributed by atoms with Crippen LogP contribution in [0.4, 0.5) is 5.69 Å². The summed E-state index contributed by atoms with van der Waals surface area (Å²) in [5.74, 6) is -0.649. The van der Waals surface area contributed by atoms with Gasteiger partial charge in [0.25, 0.3) is 17.5 Å². The van der Waals surface area contributed by atoms with Gasteiger partial charge >= 0.3 is 0 Å². The van der Waals surface area contributed by atoms with Gasteiger partial charge in [-0.1, -0.05) is 36.4 Å². The van der Waals surface area contributed by atoms with E-state index < -0.39 is 4.92 Å². The molecule has 2 amide bonds. The summed E-state index contributed by atoms with van der Waals surface area (Å²) in [7, 11) is 0. The standard InChI is InChI=1S/C17H12N2O4/c20-16-14-8-1-2-9-15(14)17(21)18(16)10-4-6-12-5-3-7-13(11-12)19(22)23/h1-9,11H,10H2/b6-4+. The van der Waals surface area contributed by atoms with E-state index in [2.05, 4.69) is 0 Å². The molecule has 0 atom stereocenters. The maximum Gasteiger partial charge on any atom is 0.270 e. The molecule has 23 heavy (non-hydrogen) atoms. The summed E-state index contributed by atoms with van der Waals surface area (Å²) in [6.07, 6.45) is 3.29. The Bertz CT molecular complexity index is 807. The molecule has 1 heterocycles. The monoisotopic (exact) mass is 308 g/mol. The SMILES string of the molecule is O=C1c2ccccc2C(=O)N1C/C=C/c1cccc([N+](=O)[O-])c1. The quantitative estimate of drug-likeness (QED) is 0.494. The van der Waals surface area contributed by atoms with Crippen LogP contribution in [0.15, 0.2) is 54.6 Å². The lowest BCUT2D eigenvalue weighted by molar-refractivity contribution is -0.384. The van der Waals surface area contributed by atoms with Gasteiger partial charge in [0.05, 0.1) is 16.1 Å². The van der Waals surface area contributed by atoms with Gasteiger partial charge in [0, 0.05) is 18.7 Å². The van der Waals surface area contributed by atoms with Crippen molar-refractivity contribution in [2.24, 2.45) is 0 Å². The number of carbonyl (C=O) groups is 2. The van der Waals surface area contributed by atoms with Crippen molar-refractivity contribution < 1.29 is 14.5 Å². The smallest absolute Gasteiger partial charge is 0.270 e. The van der Waals surface area contributed by atoms with Crippen LogP contribution in [0.5, 0.6) is 0 Å². The molecular formula is C17H12N2O4. The van der Waals surface area contributed by atoms with Gasteiger partial charge in [0.15, 0.2) is 0 Å². The summed E-state index contributed by atoms with van der Waals surface area (Å²) < 4.78 is 0. The third kappa shape index (κ3) is 2.74.